The first-order chi connectivity index (χ1) is 10.1. The smallest absolute Gasteiger partial charge is 0.125 e. The van der Waals surface area contributed by atoms with Crippen molar-refractivity contribution >= 4 is 23.0 Å². The van der Waals surface area contributed by atoms with E-state index in [-0.39, 0.29) is 5.82 Å². The molecule has 0 aliphatic carbocycles. The number of hydrogen-bond donors (Lipinski definition) is 1. The van der Waals surface area contributed by atoms with Crippen molar-refractivity contribution in [1.29, 1.82) is 0 Å². The van der Waals surface area contributed by atoms with E-state index in [0.717, 1.165) is 18.7 Å². The third kappa shape index (κ3) is 4.11. The molecule has 0 aliphatic rings. The molecule has 0 heterocycles. The summed E-state index contributed by atoms with van der Waals surface area (Å²) < 4.78 is 13.2. The van der Waals surface area contributed by atoms with Gasteiger partial charge in [0.2, 0.25) is 0 Å². The molecular formula is C17H20ClFN2. The molecule has 0 unspecified atom stereocenters. The molecule has 4 heteroatoms. The van der Waals surface area contributed by atoms with Crippen molar-refractivity contribution in [2.75, 3.05) is 23.3 Å². The first kappa shape index (κ1) is 15.6. The van der Waals surface area contributed by atoms with Crippen molar-refractivity contribution < 1.29 is 4.39 Å². The maximum atomic E-state index is 13.2. The zero-order valence-electron chi connectivity index (χ0n) is 12.4. The summed E-state index contributed by atoms with van der Waals surface area (Å²) in [6, 6.07) is 12.7. The van der Waals surface area contributed by atoms with E-state index in [1.165, 1.54) is 17.8 Å². The molecule has 2 nitrogen and oxygen atoms in total. The third-order valence-electron chi connectivity index (χ3n) is 3.48. The molecular weight excluding hydrogens is 287 g/mol. The summed E-state index contributed by atoms with van der Waals surface area (Å²) in [5, 5.41) is 3.69. The Morgan fingerprint density at radius 3 is 2.33 bits per heavy atom. The molecule has 2 aromatic rings. The van der Waals surface area contributed by atoms with Gasteiger partial charge in [-0.25, -0.2) is 4.39 Å². The zero-order valence-corrected chi connectivity index (χ0v) is 13.1. The molecule has 0 spiro atoms. The van der Waals surface area contributed by atoms with Crippen LogP contribution < -0.4 is 10.2 Å². The van der Waals surface area contributed by atoms with Crippen molar-refractivity contribution in [3.8, 4) is 0 Å². The summed E-state index contributed by atoms with van der Waals surface area (Å²) in [6.07, 6.45) is 0. The monoisotopic (exact) mass is 306 g/mol. The van der Waals surface area contributed by atoms with E-state index in [1.807, 2.05) is 0 Å². The van der Waals surface area contributed by atoms with Crippen LogP contribution in [-0.2, 0) is 6.54 Å². The number of nitrogens with one attached hydrogen (secondary N) is 1. The molecule has 112 valence electrons. The Morgan fingerprint density at radius 2 is 1.71 bits per heavy atom. The Kier molecular flexibility index (Phi) is 5.45. The first-order valence-electron chi connectivity index (χ1n) is 7.16. The summed E-state index contributed by atoms with van der Waals surface area (Å²) in [6.45, 7) is 6.89. The molecule has 0 aliphatic heterocycles. The Labute approximate surface area is 130 Å². The predicted molar refractivity (Wildman–Crippen MR) is 88.7 cm³/mol. The van der Waals surface area contributed by atoms with Gasteiger partial charge in [0.15, 0.2) is 0 Å². The molecule has 0 amide bonds. The summed E-state index contributed by atoms with van der Waals surface area (Å²) in [5.74, 6) is -0.293. The average Bonchev–Trinajstić information content (AvgIpc) is 2.51. The summed E-state index contributed by atoms with van der Waals surface area (Å²) in [4.78, 5) is 2.29. The molecule has 0 bridgehead atoms. The molecule has 0 fully saturated rings. The van der Waals surface area contributed by atoms with Crippen molar-refractivity contribution in [2.45, 2.75) is 20.4 Å². The molecule has 1 N–H and O–H groups in total. The van der Waals surface area contributed by atoms with Crippen LogP contribution in [0.1, 0.15) is 19.4 Å². The van der Waals surface area contributed by atoms with Crippen molar-refractivity contribution in [3.63, 3.8) is 0 Å². The van der Waals surface area contributed by atoms with Gasteiger partial charge >= 0.3 is 0 Å². The average molecular weight is 307 g/mol. The second kappa shape index (κ2) is 7.32. The summed E-state index contributed by atoms with van der Waals surface area (Å²) in [7, 11) is 0. The minimum absolute atomic E-state index is 0.293. The Hall–Kier alpha value is -1.74. The highest BCUT2D eigenvalue weighted by molar-refractivity contribution is 6.33. The normalized spacial score (nSPS) is 10.5. The van der Waals surface area contributed by atoms with Gasteiger partial charge in [-0.3, -0.25) is 0 Å². The van der Waals surface area contributed by atoms with Crippen LogP contribution in [0, 0.1) is 5.82 Å². The largest absolute Gasteiger partial charge is 0.380 e. The van der Waals surface area contributed by atoms with Gasteiger partial charge in [0, 0.05) is 25.3 Å². The minimum Gasteiger partial charge on any atom is -0.380 e. The highest BCUT2D eigenvalue weighted by Gasteiger charge is 2.04. The topological polar surface area (TPSA) is 15.3 Å². The van der Waals surface area contributed by atoms with E-state index >= 15 is 0 Å². The number of hydrogen-bond acceptors (Lipinski definition) is 2. The lowest BCUT2D eigenvalue weighted by atomic mass is 10.2. The molecule has 2 aromatic carbocycles. The van der Waals surface area contributed by atoms with E-state index in [0.29, 0.717) is 17.3 Å². The molecule has 0 aromatic heterocycles. The van der Waals surface area contributed by atoms with E-state index < -0.39 is 0 Å². The lowest BCUT2D eigenvalue weighted by Crippen LogP contribution is -2.21. The van der Waals surface area contributed by atoms with Gasteiger partial charge in [-0.05, 0) is 49.7 Å². The fourth-order valence-electron chi connectivity index (χ4n) is 2.24. The van der Waals surface area contributed by atoms with Gasteiger partial charge < -0.3 is 10.2 Å². The summed E-state index contributed by atoms with van der Waals surface area (Å²) in [5.41, 5.74) is 2.96. The van der Waals surface area contributed by atoms with Gasteiger partial charge in [0.05, 0.1) is 10.7 Å². The van der Waals surface area contributed by atoms with Crippen molar-refractivity contribution in [1.82, 2.24) is 0 Å². The highest BCUT2D eigenvalue weighted by atomic mass is 35.5. The maximum absolute atomic E-state index is 13.2. The Balaban J connectivity index is 2.02. The lowest BCUT2D eigenvalue weighted by Gasteiger charge is -2.21. The quantitative estimate of drug-likeness (QED) is 0.813. The molecule has 0 atom stereocenters. The van der Waals surface area contributed by atoms with E-state index in [4.69, 9.17) is 11.6 Å². The number of nitrogens with zero attached hydrogens (tertiary/aromatic N) is 1. The van der Waals surface area contributed by atoms with Gasteiger partial charge in [-0.15, -0.1) is 0 Å². The van der Waals surface area contributed by atoms with Crippen LogP contribution in [0.25, 0.3) is 0 Å². The van der Waals surface area contributed by atoms with Crippen LogP contribution in [0.2, 0.25) is 5.02 Å². The van der Waals surface area contributed by atoms with Crippen molar-refractivity contribution in [3.05, 3.63) is 58.9 Å². The molecule has 21 heavy (non-hydrogen) atoms. The van der Waals surface area contributed by atoms with Gasteiger partial charge in [0.1, 0.15) is 5.82 Å². The van der Waals surface area contributed by atoms with E-state index in [2.05, 4.69) is 48.3 Å². The second-order valence-electron chi connectivity index (χ2n) is 4.82. The van der Waals surface area contributed by atoms with Crippen LogP contribution in [0.15, 0.2) is 42.5 Å². The maximum Gasteiger partial charge on any atom is 0.125 e. The number of rotatable bonds is 6. The minimum atomic E-state index is -0.293. The van der Waals surface area contributed by atoms with Crippen LogP contribution in [0.4, 0.5) is 15.8 Å². The van der Waals surface area contributed by atoms with Crippen LogP contribution in [0.5, 0.6) is 0 Å². The SMILES string of the molecule is CCN(CC)c1ccc(CNc2cc(F)ccc2Cl)cc1. The first-order valence-corrected chi connectivity index (χ1v) is 7.54. The van der Waals surface area contributed by atoms with E-state index in [1.54, 1.807) is 6.07 Å². The van der Waals surface area contributed by atoms with Crippen LogP contribution in [-0.4, -0.2) is 13.1 Å². The number of halogens is 2. The molecule has 0 saturated carbocycles. The Bertz CT molecular complexity index is 580. The molecule has 2 rings (SSSR count). The van der Waals surface area contributed by atoms with Gasteiger partial charge in [0.25, 0.3) is 0 Å². The fraction of sp³-hybridized carbons (Fsp3) is 0.294. The van der Waals surface area contributed by atoms with Gasteiger partial charge in [-0.1, -0.05) is 23.7 Å². The Morgan fingerprint density at radius 1 is 1.05 bits per heavy atom. The predicted octanol–water partition coefficient (Wildman–Crippen LogP) is 4.94. The lowest BCUT2D eigenvalue weighted by molar-refractivity contribution is 0.628. The molecule has 0 saturated heterocycles. The van der Waals surface area contributed by atoms with Crippen molar-refractivity contribution in [2.24, 2.45) is 0 Å². The standard InChI is InChI=1S/C17H20ClFN2/c1-3-21(4-2)15-8-5-13(6-9-15)12-20-17-11-14(19)7-10-16(17)18/h5-11,20H,3-4,12H2,1-2H3. The third-order valence-corrected chi connectivity index (χ3v) is 3.81. The number of benzene rings is 2. The van der Waals surface area contributed by atoms with Crippen LogP contribution >= 0.6 is 11.6 Å². The zero-order chi connectivity index (χ0) is 15.2. The van der Waals surface area contributed by atoms with Gasteiger partial charge in [-0.2, -0.15) is 0 Å². The number of anilines is 2. The highest BCUT2D eigenvalue weighted by Crippen LogP contribution is 2.23. The second-order valence-corrected chi connectivity index (χ2v) is 5.22. The molecule has 0 radical (unpaired) electrons. The van der Waals surface area contributed by atoms with Crippen LogP contribution in [0.3, 0.4) is 0 Å². The fourth-order valence-corrected chi connectivity index (χ4v) is 2.43. The van der Waals surface area contributed by atoms with E-state index in [9.17, 15) is 4.39 Å². The summed E-state index contributed by atoms with van der Waals surface area (Å²) >= 11 is 6.03.